The summed E-state index contributed by atoms with van der Waals surface area (Å²) in [5.74, 6) is 1.85. The molecule has 1 aliphatic heterocycles. The topological polar surface area (TPSA) is 82.8 Å². The number of carbonyl (C=O) groups excluding carboxylic acids is 1. The first-order chi connectivity index (χ1) is 8.97. The fourth-order valence-electron chi connectivity index (χ4n) is 1.53. The van der Waals surface area contributed by atoms with Crippen molar-refractivity contribution < 1.29 is 19.0 Å². The molecule has 104 valence electrons. The van der Waals surface area contributed by atoms with E-state index in [2.05, 4.69) is 5.32 Å². The van der Waals surface area contributed by atoms with Crippen LogP contribution in [0.2, 0.25) is 0 Å². The molecule has 1 aliphatic rings. The lowest BCUT2D eigenvalue weighted by atomic mass is 10.1. The minimum Gasteiger partial charge on any atom is -0.492 e. The zero-order valence-corrected chi connectivity index (χ0v) is 11.1. The van der Waals surface area contributed by atoms with E-state index in [1.165, 1.54) is 0 Å². The molecule has 1 amide bonds. The number of benzene rings is 1. The Kier molecular flexibility index (Phi) is 3.80. The molecule has 1 aromatic carbocycles. The van der Waals surface area contributed by atoms with Gasteiger partial charge in [-0.3, -0.25) is 4.79 Å². The van der Waals surface area contributed by atoms with Gasteiger partial charge in [0.15, 0.2) is 11.5 Å². The Morgan fingerprint density at radius 3 is 2.89 bits per heavy atom. The summed E-state index contributed by atoms with van der Waals surface area (Å²) in [6.07, 6.45) is 0. The number of ether oxygens (including phenoxy) is 3. The number of fused-ring (bicyclic) bond motifs is 1. The highest BCUT2D eigenvalue weighted by molar-refractivity contribution is 5.84. The van der Waals surface area contributed by atoms with Crippen molar-refractivity contribution >= 4 is 5.91 Å². The molecule has 0 radical (unpaired) electrons. The van der Waals surface area contributed by atoms with E-state index in [0.29, 0.717) is 30.4 Å². The highest BCUT2D eigenvalue weighted by Crippen LogP contribution is 2.34. The average Bonchev–Trinajstić information content (AvgIpc) is 2.80. The molecule has 0 unspecified atom stereocenters. The second-order valence-electron chi connectivity index (χ2n) is 4.84. The lowest BCUT2D eigenvalue weighted by Gasteiger charge is -2.17. The monoisotopic (exact) mass is 266 g/mol. The largest absolute Gasteiger partial charge is 0.492 e. The van der Waals surface area contributed by atoms with Gasteiger partial charge in [-0.25, -0.2) is 0 Å². The SMILES string of the molecule is CC(C)(N)C(=O)NCCOc1ccc2c(c1)OCO2. The molecule has 0 spiro atoms. The highest BCUT2D eigenvalue weighted by Gasteiger charge is 2.21. The fraction of sp³-hybridized carbons (Fsp3) is 0.462. The molecule has 6 nitrogen and oxygen atoms in total. The normalized spacial score (nSPS) is 13.2. The minimum absolute atomic E-state index is 0.207. The summed E-state index contributed by atoms with van der Waals surface area (Å²) in [6, 6.07) is 5.35. The van der Waals surface area contributed by atoms with E-state index in [-0.39, 0.29) is 12.7 Å². The molecule has 0 aromatic heterocycles. The van der Waals surface area contributed by atoms with Gasteiger partial charge in [-0.1, -0.05) is 0 Å². The highest BCUT2D eigenvalue weighted by atomic mass is 16.7. The van der Waals surface area contributed by atoms with Gasteiger partial charge in [0.2, 0.25) is 12.7 Å². The summed E-state index contributed by atoms with van der Waals surface area (Å²) in [5.41, 5.74) is 4.77. The molecule has 6 heteroatoms. The van der Waals surface area contributed by atoms with Crippen LogP contribution in [0, 0.1) is 0 Å². The maximum absolute atomic E-state index is 11.5. The Labute approximate surface area is 111 Å². The molecule has 0 fully saturated rings. The molecule has 0 saturated carbocycles. The predicted octanol–water partition coefficient (Wildman–Crippen LogP) is 0.648. The van der Waals surface area contributed by atoms with Crippen molar-refractivity contribution in [3.05, 3.63) is 18.2 Å². The number of nitrogens with two attached hydrogens (primary N) is 1. The van der Waals surface area contributed by atoms with Gasteiger partial charge in [0.05, 0.1) is 12.1 Å². The quantitative estimate of drug-likeness (QED) is 0.764. The van der Waals surface area contributed by atoms with Gasteiger partial charge < -0.3 is 25.3 Å². The Morgan fingerprint density at radius 1 is 1.42 bits per heavy atom. The summed E-state index contributed by atoms with van der Waals surface area (Å²) in [7, 11) is 0. The summed E-state index contributed by atoms with van der Waals surface area (Å²) in [5, 5.41) is 2.70. The first-order valence-corrected chi connectivity index (χ1v) is 6.06. The first kappa shape index (κ1) is 13.5. The predicted molar refractivity (Wildman–Crippen MR) is 69.3 cm³/mol. The Hall–Kier alpha value is -1.95. The van der Waals surface area contributed by atoms with E-state index in [4.69, 9.17) is 19.9 Å². The van der Waals surface area contributed by atoms with Gasteiger partial charge in [-0.05, 0) is 26.0 Å². The number of hydrogen-bond acceptors (Lipinski definition) is 5. The Bertz CT molecular complexity index is 468. The van der Waals surface area contributed by atoms with Crippen LogP contribution in [0.3, 0.4) is 0 Å². The molecule has 0 bridgehead atoms. The standard InChI is InChI=1S/C13H18N2O4/c1-13(2,14)12(16)15-5-6-17-9-3-4-10-11(7-9)19-8-18-10/h3-4,7H,5-6,8,14H2,1-2H3,(H,15,16). The van der Waals surface area contributed by atoms with Crippen molar-refractivity contribution in [1.29, 1.82) is 0 Å². The Balaban J connectivity index is 1.76. The third-order valence-electron chi connectivity index (χ3n) is 2.59. The van der Waals surface area contributed by atoms with Crippen LogP contribution in [0.4, 0.5) is 0 Å². The smallest absolute Gasteiger partial charge is 0.239 e. The molecule has 1 aromatic rings. The van der Waals surface area contributed by atoms with Crippen molar-refractivity contribution in [2.75, 3.05) is 19.9 Å². The van der Waals surface area contributed by atoms with E-state index in [9.17, 15) is 4.79 Å². The van der Waals surface area contributed by atoms with E-state index in [1.807, 2.05) is 0 Å². The van der Waals surface area contributed by atoms with E-state index in [0.717, 1.165) is 0 Å². The van der Waals surface area contributed by atoms with Crippen molar-refractivity contribution in [2.45, 2.75) is 19.4 Å². The van der Waals surface area contributed by atoms with Crippen LogP contribution in [0.1, 0.15) is 13.8 Å². The minimum atomic E-state index is -0.876. The van der Waals surface area contributed by atoms with Crippen LogP contribution < -0.4 is 25.3 Å². The van der Waals surface area contributed by atoms with Crippen LogP contribution in [-0.4, -0.2) is 31.4 Å². The van der Waals surface area contributed by atoms with E-state index < -0.39 is 5.54 Å². The molecular weight excluding hydrogens is 248 g/mol. The second kappa shape index (κ2) is 5.36. The molecule has 0 atom stereocenters. The number of rotatable bonds is 5. The summed E-state index contributed by atoms with van der Waals surface area (Å²) < 4.78 is 15.9. The first-order valence-electron chi connectivity index (χ1n) is 6.06. The van der Waals surface area contributed by atoms with E-state index >= 15 is 0 Å². The second-order valence-corrected chi connectivity index (χ2v) is 4.84. The van der Waals surface area contributed by atoms with Gasteiger partial charge in [0.1, 0.15) is 12.4 Å². The summed E-state index contributed by atoms with van der Waals surface area (Å²) in [6.45, 7) is 4.30. The molecule has 3 N–H and O–H groups in total. The Morgan fingerprint density at radius 2 is 2.16 bits per heavy atom. The third-order valence-corrected chi connectivity index (χ3v) is 2.59. The van der Waals surface area contributed by atoms with Gasteiger partial charge in [-0.2, -0.15) is 0 Å². The summed E-state index contributed by atoms with van der Waals surface area (Å²) in [4.78, 5) is 11.5. The maximum Gasteiger partial charge on any atom is 0.239 e. The molecule has 1 heterocycles. The lowest BCUT2D eigenvalue weighted by molar-refractivity contribution is -0.125. The van der Waals surface area contributed by atoms with Crippen molar-refractivity contribution in [1.82, 2.24) is 5.32 Å². The molecule has 2 rings (SSSR count). The molecule has 0 saturated heterocycles. The zero-order valence-electron chi connectivity index (χ0n) is 11.1. The van der Waals surface area contributed by atoms with Crippen LogP contribution in [0.5, 0.6) is 17.2 Å². The average molecular weight is 266 g/mol. The van der Waals surface area contributed by atoms with Gasteiger partial charge in [0.25, 0.3) is 0 Å². The number of amides is 1. The van der Waals surface area contributed by atoms with Crippen molar-refractivity contribution in [2.24, 2.45) is 5.73 Å². The number of hydrogen-bond donors (Lipinski definition) is 2. The van der Waals surface area contributed by atoms with Crippen LogP contribution in [0.15, 0.2) is 18.2 Å². The van der Waals surface area contributed by atoms with Crippen LogP contribution >= 0.6 is 0 Å². The molecule has 19 heavy (non-hydrogen) atoms. The van der Waals surface area contributed by atoms with Crippen molar-refractivity contribution in [3.63, 3.8) is 0 Å². The van der Waals surface area contributed by atoms with Gasteiger partial charge in [-0.15, -0.1) is 0 Å². The maximum atomic E-state index is 11.5. The zero-order chi connectivity index (χ0) is 13.9. The molecular formula is C13H18N2O4. The van der Waals surface area contributed by atoms with Crippen molar-refractivity contribution in [3.8, 4) is 17.2 Å². The van der Waals surface area contributed by atoms with Gasteiger partial charge in [0, 0.05) is 6.07 Å². The number of nitrogens with one attached hydrogen (secondary N) is 1. The fourth-order valence-corrected chi connectivity index (χ4v) is 1.53. The third kappa shape index (κ3) is 3.51. The summed E-state index contributed by atoms with van der Waals surface area (Å²) >= 11 is 0. The molecule has 0 aliphatic carbocycles. The van der Waals surface area contributed by atoms with Crippen LogP contribution in [-0.2, 0) is 4.79 Å². The lowest BCUT2D eigenvalue weighted by Crippen LogP contribution is -2.49. The van der Waals surface area contributed by atoms with E-state index in [1.54, 1.807) is 32.0 Å². The van der Waals surface area contributed by atoms with Crippen LogP contribution in [0.25, 0.3) is 0 Å². The number of carbonyl (C=O) groups is 1. The van der Waals surface area contributed by atoms with Gasteiger partial charge >= 0.3 is 0 Å².